The molecule has 0 aliphatic carbocycles. The molecule has 1 atom stereocenters. The number of piperidine rings is 1. The van der Waals surface area contributed by atoms with Gasteiger partial charge >= 0.3 is 0 Å². The molecule has 1 unspecified atom stereocenters. The van der Waals surface area contributed by atoms with Crippen LogP contribution in [0.1, 0.15) is 50.2 Å². The Labute approximate surface area is 118 Å². The van der Waals surface area contributed by atoms with Crippen LogP contribution < -0.4 is 5.73 Å². The molecule has 1 aliphatic rings. The molecule has 19 heavy (non-hydrogen) atoms. The second-order valence-electron chi connectivity index (χ2n) is 5.76. The minimum absolute atomic E-state index is 0.740. The number of hydrogen-bond donors (Lipinski definition) is 1. The molecule has 0 aromatic heterocycles. The molecule has 1 aliphatic heterocycles. The monoisotopic (exact) mass is 260 g/mol. The van der Waals surface area contributed by atoms with Crippen LogP contribution in [0.15, 0.2) is 24.3 Å². The van der Waals surface area contributed by atoms with Crippen LogP contribution in [-0.4, -0.2) is 24.0 Å². The Morgan fingerprint density at radius 2 is 1.89 bits per heavy atom. The molecular weight excluding hydrogens is 232 g/mol. The van der Waals surface area contributed by atoms with Crippen molar-refractivity contribution in [2.24, 2.45) is 5.73 Å². The maximum atomic E-state index is 5.59. The van der Waals surface area contributed by atoms with Crippen LogP contribution in [0.2, 0.25) is 0 Å². The zero-order valence-corrected chi connectivity index (χ0v) is 12.3. The summed E-state index contributed by atoms with van der Waals surface area (Å²) in [7, 11) is 0. The van der Waals surface area contributed by atoms with Crippen molar-refractivity contribution in [3.8, 4) is 0 Å². The van der Waals surface area contributed by atoms with Crippen LogP contribution in [0.25, 0.3) is 0 Å². The zero-order valence-electron chi connectivity index (χ0n) is 12.3. The van der Waals surface area contributed by atoms with E-state index in [1.54, 1.807) is 0 Å². The molecular formula is C17H28N2. The van der Waals surface area contributed by atoms with E-state index in [9.17, 15) is 0 Å². The second-order valence-corrected chi connectivity index (χ2v) is 5.76. The van der Waals surface area contributed by atoms with E-state index in [1.807, 2.05) is 0 Å². The fraction of sp³-hybridized carbons (Fsp3) is 0.647. The van der Waals surface area contributed by atoms with Crippen molar-refractivity contribution < 1.29 is 0 Å². The molecule has 0 amide bonds. The predicted molar refractivity (Wildman–Crippen MR) is 82.2 cm³/mol. The van der Waals surface area contributed by atoms with E-state index in [2.05, 4.69) is 36.1 Å². The Morgan fingerprint density at radius 1 is 1.16 bits per heavy atom. The number of likely N-dealkylation sites (tertiary alicyclic amines) is 1. The standard InChI is InChI=1S/C17H28N2/c1-2-5-17-6-3-4-13-19(17)14-16-9-7-15(8-10-16)11-12-18/h7-10,17H,2-6,11-14,18H2,1H3. The third-order valence-electron chi connectivity index (χ3n) is 4.21. The first-order valence-electron chi connectivity index (χ1n) is 7.85. The van der Waals surface area contributed by atoms with Crippen LogP contribution in [0.3, 0.4) is 0 Å². The molecule has 1 saturated heterocycles. The summed E-state index contributed by atoms with van der Waals surface area (Å²) >= 11 is 0. The largest absolute Gasteiger partial charge is 0.330 e. The van der Waals surface area contributed by atoms with E-state index in [1.165, 1.54) is 49.8 Å². The van der Waals surface area contributed by atoms with Gasteiger partial charge in [0.1, 0.15) is 0 Å². The van der Waals surface area contributed by atoms with Crippen molar-refractivity contribution in [2.45, 2.75) is 58.0 Å². The van der Waals surface area contributed by atoms with E-state index in [0.29, 0.717) is 0 Å². The molecule has 2 rings (SSSR count). The van der Waals surface area contributed by atoms with E-state index >= 15 is 0 Å². The van der Waals surface area contributed by atoms with Gasteiger partial charge in [0.15, 0.2) is 0 Å². The third kappa shape index (κ3) is 4.32. The lowest BCUT2D eigenvalue weighted by Gasteiger charge is -2.35. The SMILES string of the molecule is CCCC1CCCCN1Cc1ccc(CCN)cc1. The minimum Gasteiger partial charge on any atom is -0.330 e. The van der Waals surface area contributed by atoms with Crippen molar-refractivity contribution in [1.29, 1.82) is 0 Å². The van der Waals surface area contributed by atoms with Gasteiger partial charge in [-0.3, -0.25) is 4.90 Å². The number of nitrogens with two attached hydrogens (primary N) is 1. The highest BCUT2D eigenvalue weighted by molar-refractivity contribution is 5.22. The predicted octanol–water partition coefficient (Wildman–Crippen LogP) is 3.34. The summed E-state index contributed by atoms with van der Waals surface area (Å²) < 4.78 is 0. The summed E-state index contributed by atoms with van der Waals surface area (Å²) in [5.74, 6) is 0. The molecule has 1 aromatic rings. The number of rotatable bonds is 6. The van der Waals surface area contributed by atoms with Gasteiger partial charge in [-0.1, -0.05) is 44.0 Å². The molecule has 2 heteroatoms. The summed E-state index contributed by atoms with van der Waals surface area (Å²) in [4.78, 5) is 2.69. The molecule has 0 radical (unpaired) electrons. The van der Waals surface area contributed by atoms with Crippen molar-refractivity contribution >= 4 is 0 Å². The van der Waals surface area contributed by atoms with E-state index in [4.69, 9.17) is 5.73 Å². The molecule has 0 saturated carbocycles. The first kappa shape index (κ1) is 14.5. The number of hydrogen-bond acceptors (Lipinski definition) is 2. The minimum atomic E-state index is 0.740. The van der Waals surface area contributed by atoms with Crippen molar-refractivity contribution in [3.63, 3.8) is 0 Å². The lowest BCUT2D eigenvalue weighted by molar-refractivity contribution is 0.131. The van der Waals surface area contributed by atoms with Gasteiger partial charge in [0.05, 0.1) is 0 Å². The molecule has 2 N–H and O–H groups in total. The van der Waals surface area contributed by atoms with Crippen molar-refractivity contribution in [2.75, 3.05) is 13.1 Å². The molecule has 1 fully saturated rings. The summed E-state index contributed by atoms with van der Waals surface area (Å²) in [6.07, 6.45) is 7.81. The van der Waals surface area contributed by atoms with Crippen LogP contribution >= 0.6 is 0 Å². The normalized spacial score (nSPS) is 20.6. The van der Waals surface area contributed by atoms with Gasteiger partial charge in [-0.05, 0) is 49.9 Å². The van der Waals surface area contributed by atoms with Crippen LogP contribution in [0.4, 0.5) is 0 Å². The van der Waals surface area contributed by atoms with Gasteiger partial charge in [0, 0.05) is 12.6 Å². The van der Waals surface area contributed by atoms with E-state index in [-0.39, 0.29) is 0 Å². The molecule has 106 valence electrons. The highest BCUT2D eigenvalue weighted by Gasteiger charge is 2.21. The molecule has 1 aromatic carbocycles. The first-order valence-corrected chi connectivity index (χ1v) is 7.85. The quantitative estimate of drug-likeness (QED) is 0.850. The van der Waals surface area contributed by atoms with Gasteiger partial charge in [0.2, 0.25) is 0 Å². The van der Waals surface area contributed by atoms with Crippen LogP contribution in [-0.2, 0) is 13.0 Å². The van der Waals surface area contributed by atoms with Crippen molar-refractivity contribution in [3.05, 3.63) is 35.4 Å². The second kappa shape index (κ2) is 7.66. The third-order valence-corrected chi connectivity index (χ3v) is 4.21. The fourth-order valence-corrected chi connectivity index (χ4v) is 3.14. The van der Waals surface area contributed by atoms with Crippen molar-refractivity contribution in [1.82, 2.24) is 4.90 Å². The Kier molecular flexibility index (Phi) is 5.87. The lowest BCUT2D eigenvalue weighted by atomic mass is 9.97. The molecule has 0 bridgehead atoms. The highest BCUT2D eigenvalue weighted by atomic mass is 15.2. The van der Waals surface area contributed by atoms with E-state index < -0.39 is 0 Å². The topological polar surface area (TPSA) is 29.3 Å². The average Bonchev–Trinajstić information content (AvgIpc) is 2.44. The van der Waals surface area contributed by atoms with Gasteiger partial charge in [-0.25, -0.2) is 0 Å². The Hall–Kier alpha value is -0.860. The summed E-state index contributed by atoms with van der Waals surface area (Å²) in [6, 6.07) is 9.84. The number of nitrogens with zero attached hydrogens (tertiary/aromatic N) is 1. The Bertz CT molecular complexity index is 356. The first-order chi connectivity index (χ1) is 9.33. The van der Waals surface area contributed by atoms with Crippen LogP contribution in [0, 0.1) is 0 Å². The average molecular weight is 260 g/mol. The molecule has 0 spiro atoms. The summed E-state index contributed by atoms with van der Waals surface area (Å²) in [6.45, 7) is 5.43. The van der Waals surface area contributed by atoms with E-state index in [0.717, 1.165) is 25.6 Å². The maximum Gasteiger partial charge on any atom is 0.0236 e. The Morgan fingerprint density at radius 3 is 2.58 bits per heavy atom. The van der Waals surface area contributed by atoms with Gasteiger partial charge in [-0.2, -0.15) is 0 Å². The number of benzene rings is 1. The summed E-state index contributed by atoms with van der Waals surface area (Å²) in [5.41, 5.74) is 8.40. The molecule has 1 heterocycles. The maximum absolute atomic E-state index is 5.59. The van der Waals surface area contributed by atoms with Gasteiger partial charge in [0.25, 0.3) is 0 Å². The molecule has 2 nitrogen and oxygen atoms in total. The smallest absolute Gasteiger partial charge is 0.0236 e. The zero-order chi connectivity index (χ0) is 13.5. The Balaban J connectivity index is 1.94. The highest BCUT2D eigenvalue weighted by Crippen LogP contribution is 2.23. The summed E-state index contributed by atoms with van der Waals surface area (Å²) in [5, 5.41) is 0. The fourth-order valence-electron chi connectivity index (χ4n) is 3.14. The van der Waals surface area contributed by atoms with Crippen LogP contribution in [0.5, 0.6) is 0 Å². The lowest BCUT2D eigenvalue weighted by Crippen LogP contribution is -2.38. The van der Waals surface area contributed by atoms with Gasteiger partial charge < -0.3 is 5.73 Å². The van der Waals surface area contributed by atoms with Gasteiger partial charge in [-0.15, -0.1) is 0 Å².